The highest BCUT2D eigenvalue weighted by molar-refractivity contribution is 7.88. The van der Waals surface area contributed by atoms with Crippen LogP contribution in [0.25, 0.3) is 5.69 Å². The van der Waals surface area contributed by atoms with Gasteiger partial charge in [-0.2, -0.15) is 9.40 Å². The quantitative estimate of drug-likeness (QED) is 0.338. The minimum Gasteiger partial charge on any atom is -0.340 e. The number of rotatable bonds is 11. The number of carbonyl (C=O) groups is 2. The molecule has 1 saturated heterocycles. The summed E-state index contributed by atoms with van der Waals surface area (Å²) in [5.41, 5.74) is 3.89. The first-order chi connectivity index (χ1) is 19.7. The van der Waals surface area contributed by atoms with Crippen molar-refractivity contribution in [2.45, 2.75) is 44.2 Å². The second-order valence-corrected chi connectivity index (χ2v) is 12.9. The molecule has 218 valence electrons. The van der Waals surface area contributed by atoms with Crippen molar-refractivity contribution in [1.29, 1.82) is 0 Å². The molecule has 1 aliphatic heterocycles. The van der Waals surface area contributed by atoms with E-state index in [-0.39, 0.29) is 24.9 Å². The molecule has 11 heteroatoms. The van der Waals surface area contributed by atoms with Gasteiger partial charge < -0.3 is 15.5 Å². The van der Waals surface area contributed by atoms with Gasteiger partial charge in [-0.05, 0) is 68.6 Å². The van der Waals surface area contributed by atoms with Crippen LogP contribution < -0.4 is 10.6 Å². The number of aryl methyl sites for hydroxylation is 1. The first kappa shape index (κ1) is 29.0. The van der Waals surface area contributed by atoms with E-state index < -0.39 is 16.1 Å². The fraction of sp³-hybridized carbons (Fsp3) is 0.433. The third-order valence-electron chi connectivity index (χ3n) is 7.89. The Morgan fingerprint density at radius 1 is 1.02 bits per heavy atom. The van der Waals surface area contributed by atoms with E-state index in [1.807, 2.05) is 24.4 Å². The summed E-state index contributed by atoms with van der Waals surface area (Å²) in [7, 11) is -3.31. The van der Waals surface area contributed by atoms with Crippen LogP contribution in [0.1, 0.15) is 46.7 Å². The van der Waals surface area contributed by atoms with E-state index in [4.69, 9.17) is 0 Å². The van der Waals surface area contributed by atoms with Crippen molar-refractivity contribution in [2.75, 3.05) is 39.0 Å². The molecule has 0 radical (unpaired) electrons. The number of piperazine rings is 1. The predicted octanol–water partition coefficient (Wildman–Crippen LogP) is 2.31. The van der Waals surface area contributed by atoms with Crippen LogP contribution in [0.5, 0.6) is 0 Å². The van der Waals surface area contributed by atoms with Crippen LogP contribution in [0.4, 0.5) is 0 Å². The number of benzene rings is 2. The Hall–Kier alpha value is -3.54. The number of hydrogen-bond acceptors (Lipinski definition) is 6. The molecule has 2 aliphatic rings. The van der Waals surface area contributed by atoms with E-state index in [1.165, 1.54) is 21.7 Å². The highest BCUT2D eigenvalue weighted by Gasteiger charge is 2.37. The lowest BCUT2D eigenvalue weighted by molar-refractivity contribution is -0.134. The molecule has 1 aromatic heterocycles. The first-order valence-electron chi connectivity index (χ1n) is 14.1. The van der Waals surface area contributed by atoms with Crippen molar-refractivity contribution in [3.63, 3.8) is 0 Å². The molecule has 2 heterocycles. The molecule has 2 aromatic carbocycles. The molecule has 10 nitrogen and oxygen atoms in total. The van der Waals surface area contributed by atoms with E-state index in [0.29, 0.717) is 37.0 Å². The minimum absolute atomic E-state index is 0.177. The van der Waals surface area contributed by atoms with Crippen molar-refractivity contribution >= 4 is 21.8 Å². The molecular formula is C30H38N6O4S. The number of carbonyl (C=O) groups excluding carboxylic acids is 2. The summed E-state index contributed by atoms with van der Waals surface area (Å²) in [6, 6.07) is 17.3. The maximum Gasteiger partial charge on any atom is 0.251 e. The second-order valence-electron chi connectivity index (χ2n) is 11.0. The Balaban J connectivity index is 1.18. The first-order valence-corrected chi connectivity index (χ1v) is 16.0. The highest BCUT2D eigenvalue weighted by Crippen LogP contribution is 2.40. The smallest absolute Gasteiger partial charge is 0.251 e. The summed E-state index contributed by atoms with van der Waals surface area (Å²) in [5.74, 6) is 0.0203. The normalized spacial score (nSPS) is 20.0. The number of nitrogens with zero attached hydrogens (tertiary/aromatic N) is 4. The van der Waals surface area contributed by atoms with E-state index in [9.17, 15) is 18.0 Å². The second kappa shape index (κ2) is 12.5. The van der Waals surface area contributed by atoms with Gasteiger partial charge >= 0.3 is 0 Å². The molecule has 2 N–H and O–H groups in total. The van der Waals surface area contributed by atoms with E-state index in [1.54, 1.807) is 27.9 Å². The molecule has 0 spiro atoms. The molecular weight excluding hydrogens is 540 g/mol. The molecule has 2 amide bonds. The van der Waals surface area contributed by atoms with Gasteiger partial charge in [0.15, 0.2) is 0 Å². The van der Waals surface area contributed by atoms with Crippen molar-refractivity contribution in [2.24, 2.45) is 0 Å². The van der Waals surface area contributed by atoms with Gasteiger partial charge in [0.2, 0.25) is 15.9 Å². The average Bonchev–Trinajstić information content (AvgIpc) is 3.52. The van der Waals surface area contributed by atoms with Gasteiger partial charge in [0.05, 0.1) is 11.9 Å². The molecule has 0 unspecified atom stereocenters. The van der Waals surface area contributed by atoms with Crippen LogP contribution in [-0.2, 0) is 14.8 Å². The third kappa shape index (κ3) is 7.41. The standard InChI is InChI=1S/C30H38N6O4S/c1-22-6-8-23(9-7-22)26-21-28(26)31-14-3-5-27(30(38)34-17-19-35(20-18-34)41(2,39)40)33-29(37)24-10-12-25(13-11-24)36-16-4-15-32-36/h4,6-13,15-16,26-28,31H,3,5,14,17-21H2,1-2H3,(H,33,37)/t26-,27-,28+/m0/s1. The summed E-state index contributed by atoms with van der Waals surface area (Å²) < 4.78 is 26.9. The average molecular weight is 579 g/mol. The zero-order valence-corrected chi connectivity index (χ0v) is 24.4. The Kier molecular flexibility index (Phi) is 8.86. The summed E-state index contributed by atoms with van der Waals surface area (Å²) >= 11 is 0. The number of sulfonamides is 1. The number of nitrogens with one attached hydrogen (secondary N) is 2. The Labute approximate surface area is 241 Å². The number of aromatic nitrogens is 2. The topological polar surface area (TPSA) is 117 Å². The van der Waals surface area contributed by atoms with Crippen molar-refractivity contribution < 1.29 is 18.0 Å². The molecule has 1 saturated carbocycles. The molecule has 41 heavy (non-hydrogen) atoms. The predicted molar refractivity (Wildman–Crippen MR) is 157 cm³/mol. The van der Waals surface area contributed by atoms with Crippen molar-refractivity contribution in [1.82, 2.24) is 29.6 Å². The van der Waals surface area contributed by atoms with Crippen LogP contribution in [0.3, 0.4) is 0 Å². The highest BCUT2D eigenvalue weighted by atomic mass is 32.2. The summed E-state index contributed by atoms with van der Waals surface area (Å²) in [6.07, 6.45) is 6.99. The molecule has 3 aromatic rings. The van der Waals surface area contributed by atoms with Crippen LogP contribution in [0.15, 0.2) is 67.0 Å². The van der Waals surface area contributed by atoms with Crippen molar-refractivity contribution in [3.8, 4) is 5.69 Å². The molecule has 0 bridgehead atoms. The Morgan fingerprint density at radius 2 is 1.73 bits per heavy atom. The largest absolute Gasteiger partial charge is 0.340 e. The van der Waals surface area contributed by atoms with E-state index in [0.717, 1.165) is 25.1 Å². The van der Waals surface area contributed by atoms with Gasteiger partial charge in [-0.25, -0.2) is 13.1 Å². The number of amides is 2. The van der Waals surface area contributed by atoms with Gasteiger partial charge in [0.1, 0.15) is 6.04 Å². The summed E-state index contributed by atoms with van der Waals surface area (Å²) in [6.45, 7) is 3.94. The van der Waals surface area contributed by atoms with Gasteiger partial charge in [0, 0.05) is 56.1 Å². The lowest BCUT2D eigenvalue weighted by Crippen LogP contribution is -2.55. The van der Waals surface area contributed by atoms with E-state index >= 15 is 0 Å². The maximum absolute atomic E-state index is 13.5. The van der Waals surface area contributed by atoms with Crippen LogP contribution >= 0.6 is 0 Å². The SMILES string of the molecule is Cc1ccc([C@@H]2C[C@H]2NCCC[C@H](NC(=O)c2ccc(-n3cccn3)cc2)C(=O)N2CCN(S(C)(=O)=O)CC2)cc1. The van der Waals surface area contributed by atoms with Gasteiger partial charge in [-0.1, -0.05) is 29.8 Å². The lowest BCUT2D eigenvalue weighted by atomic mass is 10.1. The molecule has 3 atom stereocenters. The Morgan fingerprint density at radius 3 is 2.37 bits per heavy atom. The zero-order chi connectivity index (χ0) is 29.0. The fourth-order valence-electron chi connectivity index (χ4n) is 5.34. The van der Waals surface area contributed by atoms with Crippen LogP contribution in [0, 0.1) is 6.92 Å². The molecule has 1 aliphatic carbocycles. The third-order valence-corrected chi connectivity index (χ3v) is 9.20. The Bertz CT molecular complexity index is 1430. The lowest BCUT2D eigenvalue weighted by Gasteiger charge is -2.35. The maximum atomic E-state index is 13.5. The van der Waals surface area contributed by atoms with Gasteiger partial charge in [0.25, 0.3) is 5.91 Å². The van der Waals surface area contributed by atoms with Crippen LogP contribution in [-0.4, -0.2) is 90.3 Å². The molecule has 5 rings (SSSR count). The van der Waals surface area contributed by atoms with Gasteiger partial charge in [-0.15, -0.1) is 0 Å². The fourth-order valence-corrected chi connectivity index (χ4v) is 6.17. The monoisotopic (exact) mass is 578 g/mol. The van der Waals surface area contributed by atoms with Crippen molar-refractivity contribution in [3.05, 3.63) is 83.7 Å². The summed E-state index contributed by atoms with van der Waals surface area (Å²) in [5, 5.41) is 10.8. The van der Waals surface area contributed by atoms with Gasteiger partial charge in [-0.3, -0.25) is 9.59 Å². The minimum atomic E-state index is -3.31. The van der Waals surface area contributed by atoms with E-state index in [2.05, 4.69) is 46.9 Å². The summed E-state index contributed by atoms with van der Waals surface area (Å²) in [4.78, 5) is 28.4. The van der Waals surface area contributed by atoms with Crippen LogP contribution in [0.2, 0.25) is 0 Å². The number of hydrogen-bond donors (Lipinski definition) is 2. The zero-order valence-electron chi connectivity index (χ0n) is 23.6. The molecule has 2 fully saturated rings.